The maximum absolute atomic E-state index is 8.99. The summed E-state index contributed by atoms with van der Waals surface area (Å²) in [5.74, 6) is 0. The third kappa shape index (κ3) is 3.97. The molecule has 0 radical (unpaired) electrons. The number of anilines is 1. The van der Waals surface area contributed by atoms with Crippen LogP contribution in [0.5, 0.6) is 0 Å². The summed E-state index contributed by atoms with van der Waals surface area (Å²) >= 11 is 3.54. The third-order valence-corrected chi connectivity index (χ3v) is 3.69. The van der Waals surface area contributed by atoms with Gasteiger partial charge >= 0.3 is 0 Å². The molecule has 0 bridgehead atoms. The Bertz CT molecular complexity index is 371. The van der Waals surface area contributed by atoms with Crippen molar-refractivity contribution in [2.75, 3.05) is 31.6 Å². The van der Waals surface area contributed by atoms with Crippen LogP contribution in [-0.2, 0) is 0 Å². The molecule has 1 atom stereocenters. The first-order chi connectivity index (χ1) is 8.63. The van der Waals surface area contributed by atoms with Gasteiger partial charge in [-0.3, -0.25) is 0 Å². The van der Waals surface area contributed by atoms with Gasteiger partial charge in [-0.1, -0.05) is 22.0 Å². The molecule has 0 aliphatic rings. The van der Waals surface area contributed by atoms with Crippen molar-refractivity contribution < 1.29 is 5.11 Å². The first kappa shape index (κ1) is 15.5. The van der Waals surface area contributed by atoms with Crippen LogP contribution in [0.1, 0.15) is 31.9 Å². The highest BCUT2D eigenvalue weighted by Crippen LogP contribution is 2.29. The van der Waals surface area contributed by atoms with E-state index in [-0.39, 0.29) is 6.61 Å². The molecule has 1 rings (SSSR count). The van der Waals surface area contributed by atoms with E-state index in [4.69, 9.17) is 5.11 Å². The number of aliphatic hydroxyl groups is 1. The van der Waals surface area contributed by atoms with E-state index < -0.39 is 0 Å². The zero-order valence-electron chi connectivity index (χ0n) is 11.4. The van der Waals surface area contributed by atoms with Gasteiger partial charge in [0.25, 0.3) is 0 Å². The van der Waals surface area contributed by atoms with Crippen LogP contribution in [-0.4, -0.2) is 31.9 Å². The van der Waals surface area contributed by atoms with E-state index in [9.17, 15) is 0 Å². The lowest BCUT2D eigenvalue weighted by atomic mass is 10.0. The van der Waals surface area contributed by atoms with Crippen molar-refractivity contribution in [3.05, 3.63) is 28.2 Å². The van der Waals surface area contributed by atoms with Gasteiger partial charge in [-0.15, -0.1) is 0 Å². The molecule has 0 saturated carbocycles. The largest absolute Gasteiger partial charge is 0.396 e. The van der Waals surface area contributed by atoms with Crippen molar-refractivity contribution in [1.82, 2.24) is 5.32 Å². The zero-order chi connectivity index (χ0) is 13.5. The maximum atomic E-state index is 8.99. The summed E-state index contributed by atoms with van der Waals surface area (Å²) in [6.07, 6.45) is 0.799. The molecule has 1 aromatic rings. The van der Waals surface area contributed by atoms with Crippen LogP contribution >= 0.6 is 15.9 Å². The van der Waals surface area contributed by atoms with Crippen molar-refractivity contribution in [3.63, 3.8) is 0 Å². The van der Waals surface area contributed by atoms with E-state index in [0.29, 0.717) is 6.04 Å². The summed E-state index contributed by atoms with van der Waals surface area (Å²) in [6.45, 7) is 6.37. The molecule has 1 aromatic carbocycles. The molecule has 0 amide bonds. The van der Waals surface area contributed by atoms with E-state index in [1.165, 1.54) is 11.3 Å². The highest BCUT2D eigenvalue weighted by Gasteiger charge is 2.14. The molecular formula is C14H23BrN2O. The van der Waals surface area contributed by atoms with Gasteiger partial charge in [0, 0.05) is 35.9 Å². The smallest absolute Gasteiger partial charge is 0.0447 e. The number of hydrogen-bond donors (Lipinski definition) is 2. The molecule has 0 aliphatic heterocycles. The summed E-state index contributed by atoms with van der Waals surface area (Å²) in [5.41, 5.74) is 2.53. The van der Waals surface area contributed by atoms with E-state index in [2.05, 4.69) is 58.2 Å². The predicted molar refractivity (Wildman–Crippen MR) is 81.2 cm³/mol. The van der Waals surface area contributed by atoms with E-state index >= 15 is 0 Å². The van der Waals surface area contributed by atoms with Gasteiger partial charge in [-0.05, 0) is 45.0 Å². The zero-order valence-corrected chi connectivity index (χ0v) is 13.0. The van der Waals surface area contributed by atoms with Gasteiger partial charge in [0.05, 0.1) is 0 Å². The fraction of sp³-hybridized carbons (Fsp3) is 0.571. The van der Waals surface area contributed by atoms with E-state index in [1.807, 2.05) is 7.05 Å². The van der Waals surface area contributed by atoms with Crippen LogP contribution in [0.15, 0.2) is 22.7 Å². The lowest BCUT2D eigenvalue weighted by molar-refractivity contribution is 0.289. The normalized spacial score (nSPS) is 12.5. The average molecular weight is 315 g/mol. The highest BCUT2D eigenvalue weighted by molar-refractivity contribution is 9.10. The number of benzene rings is 1. The van der Waals surface area contributed by atoms with Crippen molar-refractivity contribution in [2.45, 2.75) is 26.3 Å². The van der Waals surface area contributed by atoms with Gasteiger partial charge < -0.3 is 15.3 Å². The Hall–Kier alpha value is -0.580. The molecule has 2 N–H and O–H groups in total. The van der Waals surface area contributed by atoms with Gasteiger partial charge in [-0.25, -0.2) is 0 Å². The number of nitrogens with zero attached hydrogens (tertiary/aromatic N) is 1. The highest BCUT2D eigenvalue weighted by atomic mass is 79.9. The van der Waals surface area contributed by atoms with E-state index in [1.54, 1.807) is 0 Å². The lowest BCUT2D eigenvalue weighted by Gasteiger charge is -2.28. The van der Waals surface area contributed by atoms with E-state index in [0.717, 1.165) is 24.0 Å². The second kappa shape index (κ2) is 7.77. The lowest BCUT2D eigenvalue weighted by Crippen LogP contribution is -2.27. The molecule has 0 heterocycles. The Labute approximate surface area is 118 Å². The molecule has 102 valence electrons. The predicted octanol–water partition coefficient (Wildman–Crippen LogP) is 2.94. The summed E-state index contributed by atoms with van der Waals surface area (Å²) < 4.78 is 1.09. The monoisotopic (exact) mass is 314 g/mol. The molecule has 3 nitrogen and oxygen atoms in total. The van der Waals surface area contributed by atoms with Gasteiger partial charge in [0.15, 0.2) is 0 Å². The number of halogens is 1. The number of nitrogens with one attached hydrogen (secondary N) is 1. The first-order valence-corrected chi connectivity index (χ1v) is 7.25. The van der Waals surface area contributed by atoms with Crippen LogP contribution in [0.4, 0.5) is 5.69 Å². The molecular weight excluding hydrogens is 292 g/mol. The molecule has 18 heavy (non-hydrogen) atoms. The summed E-state index contributed by atoms with van der Waals surface area (Å²) in [7, 11) is 1.97. The number of aliphatic hydroxyl groups excluding tert-OH is 1. The molecule has 0 aliphatic carbocycles. The Balaban J connectivity index is 3.05. The maximum Gasteiger partial charge on any atom is 0.0447 e. The van der Waals surface area contributed by atoms with Gasteiger partial charge in [0.2, 0.25) is 0 Å². The van der Waals surface area contributed by atoms with Crippen LogP contribution in [0.3, 0.4) is 0 Å². The SMILES string of the molecule is CCN(CCCO)c1cc(Br)ccc1C(C)NC. The molecule has 0 spiro atoms. The quantitative estimate of drug-likeness (QED) is 0.812. The molecule has 0 aromatic heterocycles. The Morgan fingerprint density at radius 3 is 2.72 bits per heavy atom. The summed E-state index contributed by atoms with van der Waals surface area (Å²) in [6, 6.07) is 6.70. The van der Waals surface area contributed by atoms with Crippen LogP contribution in [0, 0.1) is 0 Å². The third-order valence-electron chi connectivity index (χ3n) is 3.20. The Morgan fingerprint density at radius 1 is 1.44 bits per heavy atom. The second-order valence-electron chi connectivity index (χ2n) is 4.37. The van der Waals surface area contributed by atoms with Crippen molar-refractivity contribution in [1.29, 1.82) is 0 Å². The van der Waals surface area contributed by atoms with Crippen molar-refractivity contribution in [3.8, 4) is 0 Å². The molecule has 0 saturated heterocycles. The molecule has 4 heteroatoms. The van der Waals surface area contributed by atoms with Crippen molar-refractivity contribution in [2.24, 2.45) is 0 Å². The molecule has 1 unspecified atom stereocenters. The Kier molecular flexibility index (Phi) is 6.68. The second-order valence-corrected chi connectivity index (χ2v) is 5.29. The number of hydrogen-bond acceptors (Lipinski definition) is 3. The number of rotatable bonds is 7. The minimum absolute atomic E-state index is 0.238. The van der Waals surface area contributed by atoms with Crippen LogP contribution < -0.4 is 10.2 Å². The fourth-order valence-electron chi connectivity index (χ4n) is 2.02. The van der Waals surface area contributed by atoms with Crippen LogP contribution in [0.2, 0.25) is 0 Å². The summed E-state index contributed by atoms with van der Waals surface area (Å²) in [5, 5.41) is 12.3. The average Bonchev–Trinajstić information content (AvgIpc) is 2.39. The van der Waals surface area contributed by atoms with Crippen molar-refractivity contribution >= 4 is 21.6 Å². The fourth-order valence-corrected chi connectivity index (χ4v) is 2.37. The molecule has 0 fully saturated rings. The van der Waals surface area contributed by atoms with Crippen LogP contribution in [0.25, 0.3) is 0 Å². The minimum atomic E-state index is 0.238. The van der Waals surface area contributed by atoms with Gasteiger partial charge in [-0.2, -0.15) is 0 Å². The summed E-state index contributed by atoms with van der Waals surface area (Å²) in [4.78, 5) is 2.31. The minimum Gasteiger partial charge on any atom is -0.396 e. The first-order valence-electron chi connectivity index (χ1n) is 6.46. The Morgan fingerprint density at radius 2 is 2.17 bits per heavy atom. The standard InChI is InChI=1S/C14H23BrN2O/c1-4-17(8-5-9-18)14-10-12(15)6-7-13(14)11(2)16-3/h6-7,10-11,16,18H,4-5,8-9H2,1-3H3. The topological polar surface area (TPSA) is 35.5 Å². The van der Waals surface area contributed by atoms with Gasteiger partial charge in [0.1, 0.15) is 0 Å².